The summed E-state index contributed by atoms with van der Waals surface area (Å²) in [4.78, 5) is 34.7. The predicted octanol–water partition coefficient (Wildman–Crippen LogP) is 2.43. The van der Waals surface area contributed by atoms with Crippen molar-refractivity contribution in [3.05, 3.63) is 59.7 Å². The van der Waals surface area contributed by atoms with Crippen LogP contribution in [0, 0.1) is 11.3 Å². The Kier molecular flexibility index (Phi) is 6.46. The molecule has 0 aliphatic carbocycles. The molecule has 3 N–H and O–H groups in total. The van der Waals surface area contributed by atoms with Crippen molar-refractivity contribution in [1.29, 1.82) is 5.26 Å². The van der Waals surface area contributed by atoms with E-state index in [1.807, 2.05) is 0 Å². The Morgan fingerprint density at radius 2 is 1.73 bits per heavy atom. The molecular weight excluding hydrogens is 332 g/mol. The molecule has 0 aromatic heterocycles. The van der Waals surface area contributed by atoms with E-state index >= 15 is 0 Å². The fraction of sp³-hybridized carbons (Fsp3) is 0.158. The van der Waals surface area contributed by atoms with Gasteiger partial charge >= 0.3 is 0 Å². The normalized spacial score (nSPS) is 9.69. The Hall–Kier alpha value is -3.66. The Labute approximate surface area is 151 Å². The molecule has 0 aliphatic rings. The number of amides is 3. The maximum absolute atomic E-state index is 12.3. The molecule has 2 aromatic carbocycles. The standard InChI is InChI=1S/C19H18N4O3/c1-13(24)22-17-4-2-3-15(11-17)19(26)23-16-7-5-14(6-8-16)12-21-18(25)9-10-20/h2-8,11H,9,12H2,1H3,(H,21,25)(H,22,24)(H,23,26). The number of nitrogens with one attached hydrogen (secondary N) is 3. The molecule has 7 nitrogen and oxygen atoms in total. The highest BCUT2D eigenvalue weighted by Crippen LogP contribution is 2.14. The molecule has 3 amide bonds. The van der Waals surface area contributed by atoms with Crippen molar-refractivity contribution in [2.45, 2.75) is 19.9 Å². The molecule has 0 saturated carbocycles. The summed E-state index contributed by atoms with van der Waals surface area (Å²) in [6.07, 6.45) is -0.175. The third-order valence-corrected chi connectivity index (χ3v) is 3.39. The van der Waals surface area contributed by atoms with Gasteiger partial charge in [0.05, 0.1) is 6.07 Å². The largest absolute Gasteiger partial charge is 0.351 e. The zero-order valence-corrected chi connectivity index (χ0v) is 14.2. The second kappa shape index (κ2) is 8.99. The first kappa shape index (κ1) is 18.7. The second-order valence-corrected chi connectivity index (χ2v) is 5.52. The van der Waals surface area contributed by atoms with Gasteiger partial charge < -0.3 is 16.0 Å². The number of hydrogen-bond donors (Lipinski definition) is 3. The van der Waals surface area contributed by atoms with Crippen LogP contribution in [0.25, 0.3) is 0 Å². The lowest BCUT2D eigenvalue weighted by molar-refractivity contribution is -0.120. The Balaban J connectivity index is 1.96. The summed E-state index contributed by atoms with van der Waals surface area (Å²) in [6.45, 7) is 1.71. The summed E-state index contributed by atoms with van der Waals surface area (Å²) in [5, 5.41) is 16.5. The van der Waals surface area contributed by atoms with Gasteiger partial charge in [-0.3, -0.25) is 14.4 Å². The van der Waals surface area contributed by atoms with E-state index in [-0.39, 0.29) is 24.1 Å². The van der Waals surface area contributed by atoms with Gasteiger partial charge in [-0.05, 0) is 35.9 Å². The molecule has 7 heteroatoms. The van der Waals surface area contributed by atoms with Gasteiger partial charge in [0, 0.05) is 30.4 Å². The number of anilines is 2. The van der Waals surface area contributed by atoms with Gasteiger partial charge in [0.15, 0.2) is 0 Å². The molecule has 26 heavy (non-hydrogen) atoms. The van der Waals surface area contributed by atoms with Crippen LogP contribution >= 0.6 is 0 Å². The molecule has 0 bridgehead atoms. The lowest BCUT2D eigenvalue weighted by Gasteiger charge is -2.09. The molecule has 0 fully saturated rings. The van der Waals surface area contributed by atoms with Crippen molar-refractivity contribution in [3.63, 3.8) is 0 Å². The predicted molar refractivity (Wildman–Crippen MR) is 97.2 cm³/mol. The molecular formula is C19H18N4O3. The van der Waals surface area contributed by atoms with Gasteiger partial charge in [0.1, 0.15) is 6.42 Å². The van der Waals surface area contributed by atoms with Gasteiger partial charge in [-0.15, -0.1) is 0 Å². The topological polar surface area (TPSA) is 111 Å². The second-order valence-electron chi connectivity index (χ2n) is 5.52. The van der Waals surface area contributed by atoms with Gasteiger partial charge in [-0.2, -0.15) is 5.26 Å². The average molecular weight is 350 g/mol. The number of benzene rings is 2. The first-order valence-electron chi connectivity index (χ1n) is 7.89. The first-order valence-corrected chi connectivity index (χ1v) is 7.89. The molecule has 0 saturated heterocycles. The minimum Gasteiger partial charge on any atom is -0.351 e. The van der Waals surface area contributed by atoms with Crippen molar-refractivity contribution in [3.8, 4) is 6.07 Å². The van der Waals surface area contributed by atoms with Crippen LogP contribution in [0.4, 0.5) is 11.4 Å². The van der Waals surface area contributed by atoms with Crippen molar-refractivity contribution in [2.24, 2.45) is 0 Å². The lowest BCUT2D eigenvalue weighted by Crippen LogP contribution is -2.21. The van der Waals surface area contributed by atoms with E-state index < -0.39 is 0 Å². The molecule has 132 valence electrons. The molecule has 0 radical (unpaired) electrons. The van der Waals surface area contributed by atoms with E-state index in [2.05, 4.69) is 16.0 Å². The molecule has 0 unspecified atom stereocenters. The molecule has 0 spiro atoms. The minimum atomic E-state index is -0.330. The number of rotatable bonds is 6. The fourth-order valence-corrected chi connectivity index (χ4v) is 2.19. The van der Waals surface area contributed by atoms with Gasteiger partial charge in [-0.1, -0.05) is 18.2 Å². The monoisotopic (exact) mass is 350 g/mol. The highest BCUT2D eigenvalue weighted by atomic mass is 16.2. The minimum absolute atomic E-state index is 0.175. The van der Waals surface area contributed by atoms with Crippen LogP contribution in [0.5, 0.6) is 0 Å². The number of nitrogens with zero attached hydrogens (tertiary/aromatic N) is 1. The quantitative estimate of drug-likeness (QED) is 0.743. The SMILES string of the molecule is CC(=O)Nc1cccc(C(=O)Nc2ccc(CNC(=O)CC#N)cc2)c1. The average Bonchev–Trinajstić information content (AvgIpc) is 2.61. The fourth-order valence-electron chi connectivity index (χ4n) is 2.19. The first-order chi connectivity index (χ1) is 12.5. The van der Waals surface area contributed by atoms with Crippen molar-refractivity contribution in [1.82, 2.24) is 5.32 Å². The van der Waals surface area contributed by atoms with Crippen LogP contribution in [0.1, 0.15) is 29.3 Å². The van der Waals surface area contributed by atoms with Crippen LogP contribution in [0.2, 0.25) is 0 Å². The zero-order valence-electron chi connectivity index (χ0n) is 14.2. The molecule has 0 atom stereocenters. The third kappa shape index (κ3) is 5.76. The molecule has 0 heterocycles. The molecule has 2 rings (SSSR count). The van der Waals surface area contributed by atoms with Crippen molar-refractivity contribution in [2.75, 3.05) is 10.6 Å². The Morgan fingerprint density at radius 1 is 1.00 bits per heavy atom. The summed E-state index contributed by atoms with van der Waals surface area (Å²) in [5.41, 5.74) is 2.42. The van der Waals surface area contributed by atoms with E-state index in [0.717, 1.165) is 5.56 Å². The molecule has 2 aromatic rings. The van der Waals surface area contributed by atoms with Gasteiger partial charge in [0.2, 0.25) is 11.8 Å². The van der Waals surface area contributed by atoms with E-state index in [1.165, 1.54) is 6.92 Å². The van der Waals surface area contributed by atoms with Crippen molar-refractivity contribution < 1.29 is 14.4 Å². The van der Waals surface area contributed by atoms with E-state index in [9.17, 15) is 14.4 Å². The Morgan fingerprint density at radius 3 is 2.38 bits per heavy atom. The maximum atomic E-state index is 12.3. The van der Waals surface area contributed by atoms with Crippen LogP contribution in [-0.4, -0.2) is 17.7 Å². The van der Waals surface area contributed by atoms with E-state index in [1.54, 1.807) is 54.6 Å². The zero-order chi connectivity index (χ0) is 18.9. The summed E-state index contributed by atoms with van der Waals surface area (Å²) in [6, 6.07) is 15.4. The number of hydrogen-bond acceptors (Lipinski definition) is 4. The van der Waals surface area contributed by atoms with Crippen LogP contribution in [-0.2, 0) is 16.1 Å². The number of carbonyl (C=O) groups excluding carboxylic acids is 3. The van der Waals surface area contributed by atoms with Crippen molar-refractivity contribution >= 4 is 29.1 Å². The van der Waals surface area contributed by atoms with Crippen LogP contribution < -0.4 is 16.0 Å². The summed E-state index contributed by atoms with van der Waals surface area (Å²) < 4.78 is 0. The van der Waals surface area contributed by atoms with Gasteiger partial charge in [-0.25, -0.2) is 0 Å². The van der Waals surface area contributed by atoms with Crippen LogP contribution in [0.3, 0.4) is 0 Å². The highest BCUT2D eigenvalue weighted by Gasteiger charge is 2.08. The summed E-state index contributed by atoms with van der Waals surface area (Å²) in [7, 11) is 0. The number of nitriles is 1. The molecule has 0 aliphatic heterocycles. The summed E-state index contributed by atoms with van der Waals surface area (Å²) in [5.74, 6) is -0.837. The smallest absolute Gasteiger partial charge is 0.255 e. The third-order valence-electron chi connectivity index (χ3n) is 3.39. The highest BCUT2D eigenvalue weighted by molar-refractivity contribution is 6.05. The van der Waals surface area contributed by atoms with Crippen LogP contribution in [0.15, 0.2) is 48.5 Å². The van der Waals surface area contributed by atoms with E-state index in [4.69, 9.17) is 5.26 Å². The summed E-state index contributed by atoms with van der Waals surface area (Å²) >= 11 is 0. The van der Waals surface area contributed by atoms with E-state index in [0.29, 0.717) is 23.5 Å². The lowest BCUT2D eigenvalue weighted by atomic mass is 10.1. The number of carbonyl (C=O) groups is 3. The van der Waals surface area contributed by atoms with Gasteiger partial charge in [0.25, 0.3) is 5.91 Å². The Bertz CT molecular complexity index is 854. The maximum Gasteiger partial charge on any atom is 0.255 e.